The molecule has 37 heavy (non-hydrogen) atoms. The van der Waals surface area contributed by atoms with E-state index in [4.69, 9.17) is 26.4 Å². The van der Waals surface area contributed by atoms with Crippen LogP contribution < -0.4 is 10.2 Å². The third-order valence-electron chi connectivity index (χ3n) is 6.03. The average molecular weight is 531 g/mol. The lowest BCUT2D eigenvalue weighted by Gasteiger charge is -2.24. The number of fused-ring (bicyclic) bond motifs is 1. The van der Waals surface area contributed by atoms with Crippen molar-refractivity contribution in [2.24, 2.45) is 0 Å². The number of aromatic nitrogens is 2. The zero-order valence-electron chi connectivity index (χ0n) is 21.3. The maximum atomic E-state index is 13.1. The number of rotatable bonds is 15. The molecule has 1 amide bonds. The van der Waals surface area contributed by atoms with Crippen molar-refractivity contribution in [3.63, 3.8) is 0 Å². The number of pyridine rings is 1. The molecule has 2 aromatic heterocycles. The molecule has 0 radical (unpaired) electrons. The molecule has 0 saturated heterocycles. The van der Waals surface area contributed by atoms with Crippen molar-refractivity contribution in [1.82, 2.24) is 19.5 Å². The first kappa shape index (κ1) is 28.6. The van der Waals surface area contributed by atoms with Crippen molar-refractivity contribution in [3.8, 4) is 0 Å². The third-order valence-corrected chi connectivity index (χ3v) is 6.50. The Hall–Kier alpha value is -2.98. The van der Waals surface area contributed by atoms with Gasteiger partial charge < -0.3 is 19.9 Å². The minimum Gasteiger partial charge on any atom is -0.443 e. The Morgan fingerprint density at radius 1 is 1.11 bits per heavy atom. The molecular weight excluding hydrogens is 496 g/mol. The lowest BCUT2D eigenvalue weighted by molar-refractivity contribution is -0.124. The van der Waals surface area contributed by atoms with Gasteiger partial charge in [0, 0.05) is 25.5 Å². The molecule has 0 saturated carbocycles. The number of unbranched alkanes of at least 4 members (excludes halogenated alkanes) is 1. The molecule has 9 nitrogen and oxygen atoms in total. The lowest BCUT2D eigenvalue weighted by Crippen LogP contribution is -2.42. The summed E-state index contributed by atoms with van der Waals surface area (Å²) in [5.74, 6) is 0.198. The molecule has 1 unspecified atom stereocenters. The highest BCUT2D eigenvalue weighted by Crippen LogP contribution is 2.26. The van der Waals surface area contributed by atoms with Crippen LogP contribution in [0.4, 0.5) is 4.79 Å². The van der Waals surface area contributed by atoms with Crippen LogP contribution in [-0.4, -0.2) is 51.7 Å². The second-order valence-corrected chi connectivity index (χ2v) is 9.56. The summed E-state index contributed by atoms with van der Waals surface area (Å²) in [6.07, 6.45) is 2.62. The van der Waals surface area contributed by atoms with Gasteiger partial charge in [-0.25, -0.2) is 14.6 Å². The normalized spacial score (nSPS) is 12.4. The van der Waals surface area contributed by atoms with E-state index in [9.17, 15) is 9.59 Å². The van der Waals surface area contributed by atoms with Gasteiger partial charge in [-0.3, -0.25) is 9.20 Å². The van der Waals surface area contributed by atoms with E-state index in [2.05, 4.69) is 15.1 Å². The monoisotopic (exact) mass is 530 g/mol. The second kappa shape index (κ2) is 14.1. The summed E-state index contributed by atoms with van der Waals surface area (Å²) in [7, 11) is 0. The molecule has 0 fully saturated rings. The first-order valence-corrected chi connectivity index (χ1v) is 12.7. The van der Waals surface area contributed by atoms with Crippen LogP contribution in [0.15, 0.2) is 54.7 Å². The number of nitrogens with zero attached hydrogens (tertiary/aromatic N) is 2. The summed E-state index contributed by atoms with van der Waals surface area (Å²) in [6.45, 7) is 4.65. The summed E-state index contributed by atoms with van der Waals surface area (Å²) in [4.78, 5) is 32.4. The molecule has 0 aliphatic heterocycles. The van der Waals surface area contributed by atoms with Gasteiger partial charge in [-0.15, -0.1) is 0 Å². The summed E-state index contributed by atoms with van der Waals surface area (Å²) < 4.78 is 13.4. The van der Waals surface area contributed by atoms with E-state index in [0.29, 0.717) is 37.5 Å². The number of benzene rings is 1. The van der Waals surface area contributed by atoms with E-state index in [1.54, 1.807) is 20.0 Å². The van der Waals surface area contributed by atoms with Crippen LogP contribution in [0.3, 0.4) is 0 Å². The highest BCUT2D eigenvalue weighted by Gasteiger charge is 2.31. The van der Waals surface area contributed by atoms with E-state index < -0.39 is 11.6 Å². The van der Waals surface area contributed by atoms with Gasteiger partial charge in [-0.1, -0.05) is 36.4 Å². The van der Waals surface area contributed by atoms with E-state index in [0.717, 1.165) is 11.1 Å². The van der Waals surface area contributed by atoms with Gasteiger partial charge in [0.1, 0.15) is 12.4 Å². The summed E-state index contributed by atoms with van der Waals surface area (Å²) in [5.41, 5.74) is 1.63. The number of ether oxygens (including phenoxy) is 2. The predicted molar refractivity (Wildman–Crippen MR) is 141 cm³/mol. The Morgan fingerprint density at radius 2 is 1.89 bits per heavy atom. The quantitative estimate of drug-likeness (QED) is 0.200. The van der Waals surface area contributed by atoms with E-state index in [1.807, 2.05) is 52.9 Å². The van der Waals surface area contributed by atoms with Crippen molar-refractivity contribution >= 4 is 29.2 Å². The number of ketones is 1. The highest BCUT2D eigenvalue weighted by molar-refractivity contribution is 6.15. The van der Waals surface area contributed by atoms with Crippen LogP contribution in [0.2, 0.25) is 0 Å². The Labute approximate surface area is 222 Å². The summed E-state index contributed by atoms with van der Waals surface area (Å²) >= 11 is 5.84. The number of carbonyl (C=O) groups is 2. The molecule has 10 heteroatoms. The molecule has 0 aliphatic carbocycles. The van der Waals surface area contributed by atoms with Crippen LogP contribution in [0.5, 0.6) is 0 Å². The number of aliphatic hydroxyl groups is 1. The van der Waals surface area contributed by atoms with Crippen LogP contribution >= 0.6 is 11.8 Å². The molecule has 3 rings (SSSR count). The summed E-state index contributed by atoms with van der Waals surface area (Å²) in [6, 6.07) is 15.4. The zero-order chi connectivity index (χ0) is 26.7. The maximum absolute atomic E-state index is 13.1. The number of alkyl carbamates (subject to hydrolysis) is 1. The van der Waals surface area contributed by atoms with E-state index in [-0.39, 0.29) is 37.9 Å². The van der Waals surface area contributed by atoms with Gasteiger partial charge in [0.2, 0.25) is 0 Å². The lowest BCUT2D eigenvalue weighted by atomic mass is 9.91. The van der Waals surface area contributed by atoms with E-state index >= 15 is 0 Å². The largest absolute Gasteiger partial charge is 0.443 e. The first-order valence-electron chi connectivity index (χ1n) is 12.3. The number of amides is 1. The van der Waals surface area contributed by atoms with Crippen molar-refractivity contribution in [3.05, 3.63) is 71.8 Å². The number of halogens is 1. The fourth-order valence-corrected chi connectivity index (χ4v) is 3.92. The smallest absolute Gasteiger partial charge is 0.407 e. The molecule has 3 N–H and O–H groups in total. The number of hydrogen-bond donors (Lipinski definition) is 3. The fraction of sp³-hybridized carbons (Fsp3) is 0.444. The number of nitrogens with one attached hydrogen (secondary N) is 2. The average Bonchev–Trinajstić information content (AvgIpc) is 3.34. The number of imidazole rings is 1. The topological polar surface area (TPSA) is 114 Å². The summed E-state index contributed by atoms with van der Waals surface area (Å²) in [5, 5.41) is 11.5. The molecule has 0 spiro atoms. The molecule has 1 atom stereocenters. The van der Waals surface area contributed by atoms with Gasteiger partial charge in [-0.2, -0.15) is 0 Å². The van der Waals surface area contributed by atoms with Crippen molar-refractivity contribution < 1.29 is 24.2 Å². The Balaban J connectivity index is 1.80. The predicted octanol–water partition coefficient (Wildman–Crippen LogP) is 4.11. The maximum Gasteiger partial charge on any atom is 0.407 e. The minimum absolute atomic E-state index is 0.0206. The fourth-order valence-electron chi connectivity index (χ4n) is 3.81. The van der Waals surface area contributed by atoms with Gasteiger partial charge in [-0.05, 0) is 56.2 Å². The Bertz CT molecular complexity index is 1150. The Kier molecular flexibility index (Phi) is 10.9. The molecule has 2 heterocycles. The zero-order valence-corrected chi connectivity index (χ0v) is 22.0. The third kappa shape index (κ3) is 8.26. The van der Waals surface area contributed by atoms with Crippen molar-refractivity contribution in [2.45, 2.75) is 57.8 Å². The van der Waals surface area contributed by atoms with Gasteiger partial charge in [0.15, 0.2) is 5.78 Å². The molecule has 0 bridgehead atoms. The highest BCUT2D eigenvalue weighted by atomic mass is 35.5. The van der Waals surface area contributed by atoms with Gasteiger partial charge in [0.25, 0.3) is 0 Å². The standard InChI is InChI=1S/C27H35ClN4O5/c1-27(2,31-28)24(34)15-21(18-36-17-20-9-4-3-5-10-20)25-30-16-22-11-8-12-23(32(22)25)19-37-26(35)29-13-6-7-14-33/h3-5,8-12,16,21,31,33H,6-7,13-15,17-19H2,1-2H3,(H,29,35). The van der Waals surface area contributed by atoms with Crippen LogP contribution in [0.25, 0.3) is 5.52 Å². The van der Waals surface area contributed by atoms with E-state index in [1.165, 1.54) is 0 Å². The van der Waals surface area contributed by atoms with Crippen LogP contribution in [0.1, 0.15) is 56.1 Å². The molecular formula is C27H35ClN4O5. The van der Waals surface area contributed by atoms with Gasteiger partial charge in [0.05, 0.1) is 36.2 Å². The number of carbonyl (C=O) groups excluding carboxylic acids is 2. The molecule has 3 aromatic rings. The first-order chi connectivity index (χ1) is 17.9. The van der Waals surface area contributed by atoms with Crippen LogP contribution in [0, 0.1) is 0 Å². The number of hydrogen-bond acceptors (Lipinski definition) is 7. The van der Waals surface area contributed by atoms with Gasteiger partial charge >= 0.3 is 6.09 Å². The molecule has 0 aliphatic rings. The number of aliphatic hydroxyl groups excluding tert-OH is 1. The Morgan fingerprint density at radius 3 is 2.62 bits per heavy atom. The SMILES string of the molecule is CC(C)(NCl)C(=O)CC(COCc1ccccc1)c1ncc2cccc(COC(=O)NCCCCO)n12. The molecule has 1 aromatic carbocycles. The molecule has 200 valence electrons. The second-order valence-electron chi connectivity index (χ2n) is 9.37. The number of Topliss-reactive ketones (excluding diaryl/α,β-unsaturated/α-hetero) is 1. The van der Waals surface area contributed by atoms with Crippen LogP contribution in [-0.2, 0) is 27.5 Å². The van der Waals surface area contributed by atoms with Crippen molar-refractivity contribution in [1.29, 1.82) is 0 Å². The minimum atomic E-state index is -0.924. The van der Waals surface area contributed by atoms with Crippen molar-refractivity contribution in [2.75, 3.05) is 19.8 Å².